The van der Waals surface area contributed by atoms with Crippen LogP contribution in [0.2, 0.25) is 0 Å². The van der Waals surface area contributed by atoms with Gasteiger partial charge in [-0.25, -0.2) is 4.39 Å². The highest BCUT2D eigenvalue weighted by atomic mass is 19.1. The summed E-state index contributed by atoms with van der Waals surface area (Å²) in [5, 5.41) is 12.6. The molecule has 0 spiro atoms. The molecular formula is C25H25FN6O2. The van der Waals surface area contributed by atoms with E-state index < -0.39 is 0 Å². The Morgan fingerprint density at radius 1 is 0.971 bits per heavy atom. The normalized spacial score (nSPS) is 14.0. The van der Waals surface area contributed by atoms with Gasteiger partial charge < -0.3 is 14.2 Å². The van der Waals surface area contributed by atoms with Gasteiger partial charge in [0.25, 0.3) is 0 Å². The Hall–Kier alpha value is -4.01. The summed E-state index contributed by atoms with van der Waals surface area (Å²) in [7, 11) is 0. The largest absolute Gasteiger partial charge is 0.408 e. The molecule has 0 aliphatic carbocycles. The van der Waals surface area contributed by atoms with Crippen LogP contribution in [0.25, 0.3) is 22.5 Å². The van der Waals surface area contributed by atoms with Crippen LogP contribution in [0.5, 0.6) is 0 Å². The van der Waals surface area contributed by atoms with Crippen molar-refractivity contribution in [3.8, 4) is 22.5 Å². The van der Waals surface area contributed by atoms with E-state index in [0.717, 1.165) is 11.3 Å². The molecule has 1 fully saturated rings. The number of hydrogen-bond acceptors (Lipinski definition) is 6. The molecule has 3 heterocycles. The Morgan fingerprint density at radius 3 is 2.41 bits per heavy atom. The zero-order valence-corrected chi connectivity index (χ0v) is 19.1. The zero-order valence-electron chi connectivity index (χ0n) is 19.1. The number of rotatable bonds is 5. The molecule has 0 bridgehead atoms. The minimum Gasteiger partial charge on any atom is -0.408 e. The lowest BCUT2D eigenvalue weighted by Crippen LogP contribution is -2.49. The van der Waals surface area contributed by atoms with Gasteiger partial charge in [0.1, 0.15) is 12.4 Å². The average molecular weight is 461 g/mol. The third kappa shape index (κ3) is 4.41. The lowest BCUT2D eigenvalue weighted by atomic mass is 10.1. The molecule has 0 saturated carbocycles. The maximum absolute atomic E-state index is 14.2. The first-order valence-corrected chi connectivity index (χ1v) is 11.2. The molecule has 8 nitrogen and oxygen atoms in total. The SMILES string of the molecule is Cc1nnc(N2CCN(C(=O)Cn3nc(-c4ccc(C)c(F)c4)cc3-c3ccccc3)CC2)o1. The van der Waals surface area contributed by atoms with Gasteiger partial charge in [0.05, 0.1) is 11.4 Å². The molecule has 5 rings (SSSR count). The Bertz CT molecular complexity index is 1310. The van der Waals surface area contributed by atoms with Crippen molar-refractivity contribution in [2.75, 3.05) is 31.1 Å². The van der Waals surface area contributed by atoms with E-state index in [1.807, 2.05) is 52.3 Å². The summed E-state index contributed by atoms with van der Waals surface area (Å²) >= 11 is 0. The van der Waals surface area contributed by atoms with Gasteiger partial charge in [-0.2, -0.15) is 5.10 Å². The van der Waals surface area contributed by atoms with Crippen molar-refractivity contribution >= 4 is 11.9 Å². The molecule has 1 aliphatic rings. The molecule has 9 heteroatoms. The number of nitrogens with zero attached hydrogens (tertiary/aromatic N) is 6. The van der Waals surface area contributed by atoms with Gasteiger partial charge in [0, 0.05) is 38.7 Å². The third-order valence-electron chi connectivity index (χ3n) is 6.02. The van der Waals surface area contributed by atoms with Crippen LogP contribution in [0, 0.1) is 19.7 Å². The summed E-state index contributed by atoms with van der Waals surface area (Å²) < 4.78 is 21.4. The van der Waals surface area contributed by atoms with Gasteiger partial charge in [-0.1, -0.05) is 47.6 Å². The highest BCUT2D eigenvalue weighted by molar-refractivity contribution is 5.78. The number of benzene rings is 2. The van der Waals surface area contributed by atoms with E-state index in [-0.39, 0.29) is 18.3 Å². The maximum atomic E-state index is 14.2. The predicted octanol–water partition coefficient (Wildman–Crippen LogP) is 3.70. The first kappa shape index (κ1) is 21.8. The van der Waals surface area contributed by atoms with E-state index in [1.54, 1.807) is 24.6 Å². The zero-order chi connectivity index (χ0) is 23.7. The van der Waals surface area contributed by atoms with Crippen LogP contribution < -0.4 is 4.90 Å². The van der Waals surface area contributed by atoms with Crippen molar-refractivity contribution in [2.24, 2.45) is 0 Å². The highest BCUT2D eigenvalue weighted by Crippen LogP contribution is 2.27. The standard InChI is InChI=1S/C25H25FN6O2/c1-17-8-9-20(14-21(17)26)22-15-23(19-6-4-3-5-7-19)32(29-22)16-24(33)30-10-12-31(13-11-30)25-28-27-18(2)34-25/h3-9,14-15H,10-13,16H2,1-2H3. The molecule has 1 saturated heterocycles. The summed E-state index contributed by atoms with van der Waals surface area (Å²) in [6.07, 6.45) is 0. The molecule has 4 aromatic rings. The maximum Gasteiger partial charge on any atom is 0.318 e. The van der Waals surface area contributed by atoms with Crippen LogP contribution in [0.4, 0.5) is 10.4 Å². The number of aryl methyl sites for hydroxylation is 2. The lowest BCUT2D eigenvalue weighted by Gasteiger charge is -2.33. The van der Waals surface area contributed by atoms with Gasteiger partial charge in [-0.05, 0) is 30.2 Å². The van der Waals surface area contributed by atoms with Crippen LogP contribution >= 0.6 is 0 Å². The van der Waals surface area contributed by atoms with Crippen molar-refractivity contribution in [3.63, 3.8) is 0 Å². The number of hydrogen-bond donors (Lipinski definition) is 0. The summed E-state index contributed by atoms with van der Waals surface area (Å²) in [6.45, 7) is 5.92. The first-order chi connectivity index (χ1) is 16.5. The van der Waals surface area contributed by atoms with E-state index in [1.165, 1.54) is 6.07 Å². The second kappa shape index (κ2) is 9.09. The van der Waals surface area contributed by atoms with E-state index in [9.17, 15) is 9.18 Å². The van der Waals surface area contributed by atoms with Gasteiger partial charge in [0.15, 0.2) is 0 Å². The van der Waals surface area contributed by atoms with Crippen LogP contribution in [0.3, 0.4) is 0 Å². The van der Waals surface area contributed by atoms with Gasteiger partial charge >= 0.3 is 6.01 Å². The quantitative estimate of drug-likeness (QED) is 0.452. The second-order valence-electron chi connectivity index (χ2n) is 8.37. The van der Waals surface area contributed by atoms with E-state index >= 15 is 0 Å². The molecule has 2 aromatic carbocycles. The minimum absolute atomic E-state index is 0.0247. The molecule has 2 aromatic heterocycles. The lowest BCUT2D eigenvalue weighted by molar-refractivity contribution is -0.132. The Balaban J connectivity index is 1.36. The summed E-state index contributed by atoms with van der Waals surface area (Å²) in [5.74, 6) is 0.215. The molecule has 0 radical (unpaired) electrons. The van der Waals surface area contributed by atoms with Crippen molar-refractivity contribution in [2.45, 2.75) is 20.4 Å². The minimum atomic E-state index is -0.279. The van der Waals surface area contributed by atoms with E-state index in [2.05, 4.69) is 15.3 Å². The molecular weight excluding hydrogens is 435 g/mol. The molecule has 0 atom stereocenters. The van der Waals surface area contributed by atoms with Crippen LogP contribution in [0.1, 0.15) is 11.5 Å². The summed E-state index contributed by atoms with van der Waals surface area (Å²) in [6, 6.07) is 17.2. The van der Waals surface area contributed by atoms with Crippen molar-refractivity contribution in [3.05, 3.63) is 71.9 Å². The predicted molar refractivity (Wildman–Crippen MR) is 126 cm³/mol. The highest BCUT2D eigenvalue weighted by Gasteiger charge is 2.25. The molecule has 1 aliphatic heterocycles. The molecule has 0 unspecified atom stereocenters. The number of carbonyl (C=O) groups excluding carboxylic acids is 1. The molecule has 34 heavy (non-hydrogen) atoms. The second-order valence-corrected chi connectivity index (χ2v) is 8.37. The van der Waals surface area contributed by atoms with Gasteiger partial charge in [-0.15, -0.1) is 5.10 Å². The fourth-order valence-corrected chi connectivity index (χ4v) is 4.06. The monoisotopic (exact) mass is 460 g/mol. The van der Waals surface area contributed by atoms with Crippen molar-refractivity contribution in [1.82, 2.24) is 24.9 Å². The number of carbonyl (C=O) groups is 1. The topological polar surface area (TPSA) is 80.3 Å². The van der Waals surface area contributed by atoms with E-state index in [0.29, 0.717) is 54.9 Å². The molecule has 174 valence electrons. The average Bonchev–Trinajstić information content (AvgIpc) is 3.48. The summed E-state index contributed by atoms with van der Waals surface area (Å²) in [4.78, 5) is 17.0. The number of aromatic nitrogens is 4. The van der Waals surface area contributed by atoms with Crippen LogP contribution in [-0.4, -0.2) is 57.0 Å². The Morgan fingerprint density at radius 2 is 1.74 bits per heavy atom. The molecule has 0 N–H and O–H groups in total. The van der Waals surface area contributed by atoms with E-state index in [4.69, 9.17) is 4.42 Å². The fraction of sp³-hybridized carbons (Fsp3) is 0.280. The molecule has 1 amide bonds. The van der Waals surface area contributed by atoms with Crippen molar-refractivity contribution in [1.29, 1.82) is 0 Å². The van der Waals surface area contributed by atoms with Gasteiger partial charge in [-0.3, -0.25) is 9.48 Å². The third-order valence-corrected chi connectivity index (χ3v) is 6.02. The smallest absolute Gasteiger partial charge is 0.318 e. The Kier molecular flexibility index (Phi) is 5.83. The van der Waals surface area contributed by atoms with Crippen molar-refractivity contribution < 1.29 is 13.6 Å². The summed E-state index contributed by atoms with van der Waals surface area (Å²) in [5.41, 5.74) is 3.64. The fourth-order valence-electron chi connectivity index (χ4n) is 4.06. The number of anilines is 1. The first-order valence-electron chi connectivity index (χ1n) is 11.2. The number of halogens is 1. The van der Waals surface area contributed by atoms with Gasteiger partial charge in [0.2, 0.25) is 11.8 Å². The number of piperazine rings is 1. The van der Waals surface area contributed by atoms with Crippen LogP contribution in [0.15, 0.2) is 59.0 Å². The Labute approximate surface area is 196 Å². The van der Waals surface area contributed by atoms with Crippen LogP contribution in [-0.2, 0) is 11.3 Å². The number of amides is 1.